The molecule has 0 aliphatic rings. The monoisotopic (exact) mass is 524 g/mol. The van der Waals surface area contributed by atoms with Gasteiger partial charge in [0.25, 0.3) is 0 Å². The van der Waals surface area contributed by atoms with Gasteiger partial charge in [0.15, 0.2) is 11.0 Å². The van der Waals surface area contributed by atoms with Crippen molar-refractivity contribution in [2.24, 2.45) is 0 Å². The van der Waals surface area contributed by atoms with E-state index in [1.54, 1.807) is 18.2 Å². The summed E-state index contributed by atoms with van der Waals surface area (Å²) >= 11 is 17.0. The minimum atomic E-state index is -0.131. The highest BCUT2D eigenvalue weighted by Gasteiger charge is 2.16. The molecule has 30 heavy (non-hydrogen) atoms. The number of hydrogen-bond donors (Lipinski definition) is 1. The fraction of sp³-hybridized carbons (Fsp3) is 0.190. The highest BCUT2D eigenvalue weighted by Crippen LogP contribution is 2.30. The molecule has 0 saturated heterocycles. The minimum Gasteiger partial charge on any atom is -0.324 e. The zero-order chi connectivity index (χ0) is 21.8. The van der Waals surface area contributed by atoms with Crippen LogP contribution in [0.4, 0.5) is 5.69 Å². The molecule has 0 radical (unpaired) electrons. The summed E-state index contributed by atoms with van der Waals surface area (Å²) in [4.78, 5) is 12.5. The van der Waals surface area contributed by atoms with Crippen LogP contribution >= 0.6 is 50.9 Å². The van der Waals surface area contributed by atoms with Gasteiger partial charge in [0.2, 0.25) is 5.91 Å². The fourth-order valence-corrected chi connectivity index (χ4v) is 4.33. The Labute approximate surface area is 198 Å². The summed E-state index contributed by atoms with van der Waals surface area (Å²) in [6.45, 7) is 8.33. The van der Waals surface area contributed by atoms with Crippen LogP contribution in [0.3, 0.4) is 0 Å². The van der Waals surface area contributed by atoms with Crippen molar-refractivity contribution >= 4 is 62.5 Å². The number of carbonyl (C=O) groups is 1. The molecular formula is C21H19BrCl2N4OS. The Morgan fingerprint density at radius 1 is 1.20 bits per heavy atom. The van der Waals surface area contributed by atoms with Crippen molar-refractivity contribution in [2.45, 2.75) is 25.5 Å². The Morgan fingerprint density at radius 2 is 1.93 bits per heavy atom. The lowest BCUT2D eigenvalue weighted by Gasteiger charge is -2.11. The number of amides is 1. The lowest BCUT2D eigenvalue weighted by molar-refractivity contribution is -0.113. The second kappa shape index (κ2) is 10.0. The molecule has 0 atom stereocenters. The van der Waals surface area contributed by atoms with Crippen molar-refractivity contribution in [1.29, 1.82) is 0 Å². The molecule has 9 heteroatoms. The third-order valence-corrected chi connectivity index (χ3v) is 6.76. The normalized spacial score (nSPS) is 10.8. The molecule has 2 aromatic carbocycles. The summed E-state index contributed by atoms with van der Waals surface area (Å²) in [6.07, 6.45) is 1.75. The van der Waals surface area contributed by atoms with E-state index in [-0.39, 0.29) is 11.7 Å². The number of rotatable bonds is 7. The van der Waals surface area contributed by atoms with Crippen molar-refractivity contribution in [1.82, 2.24) is 14.8 Å². The number of nitrogens with one attached hydrogen (secondary N) is 1. The van der Waals surface area contributed by atoms with Gasteiger partial charge in [0.05, 0.1) is 21.5 Å². The number of hydrogen-bond acceptors (Lipinski definition) is 4. The molecule has 1 amide bonds. The van der Waals surface area contributed by atoms with Crippen LogP contribution in [-0.2, 0) is 11.3 Å². The third-order valence-electron chi connectivity index (χ3n) is 4.40. The number of aryl methyl sites for hydroxylation is 2. The van der Waals surface area contributed by atoms with Crippen LogP contribution in [0, 0.1) is 13.8 Å². The molecule has 0 aliphatic carbocycles. The van der Waals surface area contributed by atoms with Crippen molar-refractivity contribution in [3.8, 4) is 11.4 Å². The van der Waals surface area contributed by atoms with Gasteiger partial charge in [0, 0.05) is 16.6 Å². The molecule has 156 valence electrons. The summed E-state index contributed by atoms with van der Waals surface area (Å²) in [5, 5.41) is 13.0. The van der Waals surface area contributed by atoms with E-state index >= 15 is 0 Å². The quantitative estimate of drug-likeness (QED) is 0.280. The molecule has 0 unspecified atom stereocenters. The lowest BCUT2D eigenvalue weighted by Crippen LogP contribution is -2.15. The average Bonchev–Trinajstić information content (AvgIpc) is 3.09. The van der Waals surface area contributed by atoms with E-state index in [2.05, 4.69) is 38.0 Å². The Balaban J connectivity index is 1.76. The molecular weight excluding hydrogens is 507 g/mol. The zero-order valence-corrected chi connectivity index (χ0v) is 20.3. The molecule has 1 N–H and O–H groups in total. The number of thioether (sulfide) groups is 1. The maximum absolute atomic E-state index is 12.5. The summed E-state index contributed by atoms with van der Waals surface area (Å²) in [7, 11) is 0. The minimum absolute atomic E-state index is 0.131. The number of nitrogens with zero attached hydrogens (tertiary/aromatic N) is 3. The SMILES string of the molecule is C=CCn1c(SCC(=O)Nc2cc(C)c(C)cc2Br)nnc1-c1ccc(Cl)c(Cl)c1. The fourth-order valence-electron chi connectivity index (χ4n) is 2.73. The second-order valence-corrected chi connectivity index (χ2v) is 9.20. The molecule has 0 saturated carbocycles. The van der Waals surface area contributed by atoms with Gasteiger partial charge in [-0.15, -0.1) is 16.8 Å². The molecule has 0 aliphatic heterocycles. The number of halogens is 3. The van der Waals surface area contributed by atoms with Crippen LogP contribution in [0.2, 0.25) is 10.0 Å². The smallest absolute Gasteiger partial charge is 0.234 e. The van der Waals surface area contributed by atoms with E-state index in [0.29, 0.717) is 27.6 Å². The third kappa shape index (κ3) is 5.27. The van der Waals surface area contributed by atoms with Crippen LogP contribution in [0.25, 0.3) is 11.4 Å². The van der Waals surface area contributed by atoms with Crippen LogP contribution < -0.4 is 5.32 Å². The molecule has 0 bridgehead atoms. The predicted molar refractivity (Wildman–Crippen MR) is 129 cm³/mol. The predicted octanol–water partition coefficient (Wildman–Crippen LogP) is 6.55. The second-order valence-electron chi connectivity index (χ2n) is 6.59. The Kier molecular flexibility index (Phi) is 7.63. The van der Waals surface area contributed by atoms with Gasteiger partial charge in [-0.25, -0.2) is 0 Å². The zero-order valence-electron chi connectivity index (χ0n) is 16.4. The van der Waals surface area contributed by atoms with Gasteiger partial charge in [-0.1, -0.05) is 41.0 Å². The molecule has 5 nitrogen and oxygen atoms in total. The average molecular weight is 526 g/mol. The molecule has 1 aromatic heterocycles. The first kappa shape index (κ1) is 22.9. The maximum Gasteiger partial charge on any atom is 0.234 e. The largest absolute Gasteiger partial charge is 0.324 e. The first-order valence-electron chi connectivity index (χ1n) is 8.99. The molecule has 1 heterocycles. The van der Waals surface area contributed by atoms with Gasteiger partial charge in [-0.2, -0.15) is 0 Å². The van der Waals surface area contributed by atoms with Crippen molar-refractivity contribution in [3.63, 3.8) is 0 Å². The van der Waals surface area contributed by atoms with Crippen LogP contribution in [-0.4, -0.2) is 26.4 Å². The molecule has 0 spiro atoms. The number of carbonyl (C=O) groups excluding carboxylic acids is 1. The Morgan fingerprint density at radius 3 is 2.63 bits per heavy atom. The van der Waals surface area contributed by atoms with Gasteiger partial charge in [-0.05, 0) is 71.2 Å². The Hall–Kier alpha value is -1.80. The summed E-state index contributed by atoms with van der Waals surface area (Å²) in [6, 6.07) is 9.23. The lowest BCUT2D eigenvalue weighted by atomic mass is 10.1. The summed E-state index contributed by atoms with van der Waals surface area (Å²) < 4.78 is 2.73. The summed E-state index contributed by atoms with van der Waals surface area (Å²) in [5.41, 5.74) is 3.79. The van der Waals surface area contributed by atoms with Gasteiger partial charge in [-0.3, -0.25) is 9.36 Å². The molecule has 0 fully saturated rings. The number of benzene rings is 2. The van der Waals surface area contributed by atoms with E-state index in [9.17, 15) is 4.79 Å². The first-order valence-corrected chi connectivity index (χ1v) is 11.5. The van der Waals surface area contributed by atoms with Gasteiger partial charge < -0.3 is 5.32 Å². The van der Waals surface area contributed by atoms with Gasteiger partial charge in [0.1, 0.15) is 0 Å². The topological polar surface area (TPSA) is 59.8 Å². The van der Waals surface area contributed by atoms with Gasteiger partial charge >= 0.3 is 0 Å². The van der Waals surface area contributed by atoms with Crippen molar-refractivity contribution in [3.05, 3.63) is 68.6 Å². The van der Waals surface area contributed by atoms with Crippen LogP contribution in [0.15, 0.2) is 52.6 Å². The first-order chi connectivity index (χ1) is 14.3. The van der Waals surface area contributed by atoms with E-state index in [4.69, 9.17) is 23.2 Å². The Bertz CT molecular complexity index is 1120. The van der Waals surface area contributed by atoms with Crippen molar-refractivity contribution in [2.75, 3.05) is 11.1 Å². The van der Waals surface area contributed by atoms with Crippen molar-refractivity contribution < 1.29 is 4.79 Å². The number of aromatic nitrogens is 3. The highest BCUT2D eigenvalue weighted by atomic mass is 79.9. The maximum atomic E-state index is 12.5. The van der Waals surface area contributed by atoms with E-state index in [1.165, 1.54) is 11.8 Å². The summed E-state index contributed by atoms with van der Waals surface area (Å²) in [5.74, 6) is 0.692. The number of allylic oxidation sites excluding steroid dienone is 1. The molecule has 3 aromatic rings. The number of anilines is 1. The molecule has 3 rings (SSSR count). The van der Waals surface area contributed by atoms with E-state index < -0.39 is 0 Å². The van der Waals surface area contributed by atoms with E-state index in [1.807, 2.05) is 36.6 Å². The highest BCUT2D eigenvalue weighted by molar-refractivity contribution is 9.10. The van der Waals surface area contributed by atoms with E-state index in [0.717, 1.165) is 26.9 Å². The van der Waals surface area contributed by atoms with Crippen LogP contribution in [0.5, 0.6) is 0 Å². The van der Waals surface area contributed by atoms with Crippen LogP contribution in [0.1, 0.15) is 11.1 Å². The standard InChI is InChI=1S/C21H19BrCl2N4OS/c1-4-7-28-20(14-5-6-16(23)17(24)10-14)26-27-21(28)30-11-19(29)25-18-9-13(3)12(2)8-15(18)22/h4-6,8-10H,1,7,11H2,2-3H3,(H,25,29).